The molecule has 5 nitrogen and oxygen atoms in total. The first kappa shape index (κ1) is 17.6. The van der Waals surface area contributed by atoms with Crippen molar-refractivity contribution in [3.8, 4) is 0 Å². The van der Waals surface area contributed by atoms with Crippen LogP contribution in [-0.4, -0.2) is 33.3 Å². The quantitative estimate of drug-likeness (QED) is 0.914. The zero-order valence-corrected chi connectivity index (χ0v) is 15.2. The van der Waals surface area contributed by atoms with Gasteiger partial charge in [0.15, 0.2) is 0 Å². The van der Waals surface area contributed by atoms with Gasteiger partial charge in [0.2, 0.25) is 10.0 Å². The molecule has 0 heterocycles. The predicted octanol–water partition coefficient (Wildman–Crippen LogP) is 2.74. The Hall–Kier alpha value is -2.18. The van der Waals surface area contributed by atoms with Gasteiger partial charge < -0.3 is 4.90 Å². The van der Waals surface area contributed by atoms with Crippen LogP contribution in [0, 0.1) is 0 Å². The lowest BCUT2D eigenvalue weighted by Gasteiger charge is -2.33. The van der Waals surface area contributed by atoms with Gasteiger partial charge in [0, 0.05) is 12.6 Å². The number of nitrogens with zero attached hydrogens (tertiary/aromatic N) is 1. The standard InChI is InChI=1S/C19H22N2O3S/c1-20-25(23,24)16-12-10-15(11-13-16)19(22)21(2)18-9-5-7-14-6-3-4-8-17(14)18/h3-4,6,8,10-13,18,20H,5,7,9H2,1-2H3/t18-/m0/s1. The highest BCUT2D eigenvalue weighted by atomic mass is 32.2. The van der Waals surface area contributed by atoms with Gasteiger partial charge in [-0.15, -0.1) is 0 Å². The van der Waals surface area contributed by atoms with E-state index in [1.165, 1.54) is 30.3 Å². The van der Waals surface area contributed by atoms with Crippen LogP contribution in [0.25, 0.3) is 0 Å². The number of benzene rings is 2. The molecular formula is C19H22N2O3S. The van der Waals surface area contributed by atoms with E-state index in [4.69, 9.17) is 0 Å². The first-order valence-electron chi connectivity index (χ1n) is 8.32. The maximum atomic E-state index is 12.8. The monoisotopic (exact) mass is 358 g/mol. The lowest BCUT2D eigenvalue weighted by Crippen LogP contribution is -2.33. The number of fused-ring (bicyclic) bond motifs is 1. The molecule has 1 amide bonds. The number of sulfonamides is 1. The van der Waals surface area contributed by atoms with Gasteiger partial charge in [-0.1, -0.05) is 24.3 Å². The number of rotatable bonds is 4. The summed E-state index contributed by atoms with van der Waals surface area (Å²) in [5.74, 6) is -0.102. The van der Waals surface area contributed by atoms with E-state index < -0.39 is 10.0 Å². The van der Waals surface area contributed by atoms with Gasteiger partial charge in [-0.2, -0.15) is 0 Å². The van der Waals surface area contributed by atoms with Crippen molar-refractivity contribution in [1.82, 2.24) is 9.62 Å². The van der Waals surface area contributed by atoms with Crippen molar-refractivity contribution < 1.29 is 13.2 Å². The Morgan fingerprint density at radius 3 is 2.48 bits per heavy atom. The molecule has 0 bridgehead atoms. The molecule has 1 atom stereocenters. The van der Waals surface area contributed by atoms with E-state index in [0.29, 0.717) is 5.56 Å². The fraction of sp³-hybridized carbons (Fsp3) is 0.316. The number of aryl methyl sites for hydroxylation is 1. The minimum absolute atomic E-state index is 0.0539. The number of hydrogen-bond donors (Lipinski definition) is 1. The average molecular weight is 358 g/mol. The molecule has 6 heteroatoms. The number of nitrogens with one attached hydrogen (secondary N) is 1. The Morgan fingerprint density at radius 1 is 1.12 bits per heavy atom. The molecule has 1 aliphatic rings. The average Bonchev–Trinajstić information content (AvgIpc) is 2.66. The Labute approximate surface area is 148 Å². The number of carbonyl (C=O) groups excluding carboxylic acids is 1. The van der Waals surface area contributed by atoms with Crippen LogP contribution in [0.4, 0.5) is 0 Å². The molecular weight excluding hydrogens is 336 g/mol. The maximum absolute atomic E-state index is 12.8. The molecule has 3 rings (SSSR count). The van der Waals surface area contributed by atoms with Crippen LogP contribution in [0.5, 0.6) is 0 Å². The van der Waals surface area contributed by atoms with Gasteiger partial charge in [0.05, 0.1) is 10.9 Å². The summed E-state index contributed by atoms with van der Waals surface area (Å²) in [6.45, 7) is 0. The third-order valence-electron chi connectivity index (χ3n) is 4.81. The van der Waals surface area contributed by atoms with E-state index in [1.807, 2.05) is 19.2 Å². The molecule has 2 aromatic rings. The number of carbonyl (C=O) groups is 1. The molecule has 0 saturated heterocycles. The summed E-state index contributed by atoms with van der Waals surface area (Å²) >= 11 is 0. The summed E-state index contributed by atoms with van der Waals surface area (Å²) < 4.78 is 25.9. The van der Waals surface area contributed by atoms with Crippen LogP contribution < -0.4 is 4.72 Å². The Kier molecular flexibility index (Phi) is 4.92. The molecule has 0 fully saturated rings. The van der Waals surface area contributed by atoms with Crippen LogP contribution in [-0.2, 0) is 16.4 Å². The third-order valence-corrected chi connectivity index (χ3v) is 6.24. The maximum Gasteiger partial charge on any atom is 0.254 e. The molecule has 2 aromatic carbocycles. The smallest absolute Gasteiger partial charge is 0.254 e. The van der Waals surface area contributed by atoms with Gasteiger partial charge >= 0.3 is 0 Å². The molecule has 25 heavy (non-hydrogen) atoms. The number of hydrogen-bond acceptors (Lipinski definition) is 3. The van der Waals surface area contributed by atoms with Crippen molar-refractivity contribution in [2.45, 2.75) is 30.2 Å². The summed E-state index contributed by atoms with van der Waals surface area (Å²) in [5, 5.41) is 0. The number of amides is 1. The first-order valence-corrected chi connectivity index (χ1v) is 9.81. The van der Waals surface area contributed by atoms with Crippen LogP contribution in [0.3, 0.4) is 0 Å². The third kappa shape index (κ3) is 3.45. The van der Waals surface area contributed by atoms with E-state index in [2.05, 4.69) is 16.9 Å². The molecule has 0 radical (unpaired) electrons. The summed E-state index contributed by atoms with van der Waals surface area (Å²) in [6, 6.07) is 14.4. The molecule has 1 N–H and O–H groups in total. The Morgan fingerprint density at radius 2 is 1.80 bits per heavy atom. The zero-order valence-electron chi connectivity index (χ0n) is 14.4. The molecule has 0 aliphatic heterocycles. The molecule has 0 spiro atoms. The predicted molar refractivity (Wildman–Crippen MR) is 96.9 cm³/mol. The van der Waals surface area contributed by atoms with Crippen LogP contribution >= 0.6 is 0 Å². The zero-order chi connectivity index (χ0) is 18.0. The van der Waals surface area contributed by atoms with Crippen LogP contribution in [0.1, 0.15) is 40.4 Å². The summed E-state index contributed by atoms with van der Waals surface area (Å²) in [7, 11) is -0.320. The van der Waals surface area contributed by atoms with E-state index in [0.717, 1.165) is 19.3 Å². The summed E-state index contributed by atoms with van der Waals surface area (Å²) in [6.07, 6.45) is 3.04. The first-order chi connectivity index (χ1) is 11.9. The fourth-order valence-electron chi connectivity index (χ4n) is 3.37. The Balaban J connectivity index is 1.84. The van der Waals surface area contributed by atoms with Crippen molar-refractivity contribution in [3.05, 3.63) is 65.2 Å². The minimum Gasteiger partial charge on any atom is -0.335 e. The topological polar surface area (TPSA) is 66.5 Å². The van der Waals surface area contributed by atoms with E-state index in [9.17, 15) is 13.2 Å². The highest BCUT2D eigenvalue weighted by Crippen LogP contribution is 2.34. The van der Waals surface area contributed by atoms with E-state index in [1.54, 1.807) is 17.0 Å². The van der Waals surface area contributed by atoms with Crippen LogP contribution in [0.2, 0.25) is 0 Å². The molecule has 1 aliphatic carbocycles. The fourth-order valence-corrected chi connectivity index (χ4v) is 4.10. The van der Waals surface area contributed by atoms with Gasteiger partial charge in [0.25, 0.3) is 5.91 Å². The summed E-state index contributed by atoms with van der Waals surface area (Å²) in [5.41, 5.74) is 2.99. The van der Waals surface area contributed by atoms with E-state index in [-0.39, 0.29) is 16.8 Å². The van der Waals surface area contributed by atoms with E-state index >= 15 is 0 Å². The second kappa shape index (κ2) is 6.98. The minimum atomic E-state index is -3.50. The van der Waals surface area contributed by atoms with Gasteiger partial charge in [-0.25, -0.2) is 13.1 Å². The molecule has 0 aromatic heterocycles. The Bertz CT molecular complexity index is 876. The van der Waals surface area contributed by atoms with Gasteiger partial charge in [0.1, 0.15) is 0 Å². The van der Waals surface area contributed by atoms with Crippen LogP contribution in [0.15, 0.2) is 53.4 Å². The van der Waals surface area contributed by atoms with Crippen molar-refractivity contribution in [2.24, 2.45) is 0 Å². The summed E-state index contributed by atoms with van der Waals surface area (Å²) in [4.78, 5) is 14.8. The van der Waals surface area contributed by atoms with Crippen molar-refractivity contribution in [2.75, 3.05) is 14.1 Å². The lowest BCUT2D eigenvalue weighted by molar-refractivity contribution is 0.0715. The largest absolute Gasteiger partial charge is 0.335 e. The SMILES string of the molecule is CNS(=O)(=O)c1ccc(C(=O)N(C)[C@H]2CCCc3ccccc32)cc1. The lowest BCUT2D eigenvalue weighted by atomic mass is 9.87. The van der Waals surface area contributed by atoms with Gasteiger partial charge in [-0.3, -0.25) is 4.79 Å². The van der Waals surface area contributed by atoms with Crippen molar-refractivity contribution >= 4 is 15.9 Å². The molecule has 132 valence electrons. The second-order valence-corrected chi connectivity index (χ2v) is 8.14. The highest BCUT2D eigenvalue weighted by Gasteiger charge is 2.27. The van der Waals surface area contributed by atoms with Crippen molar-refractivity contribution in [1.29, 1.82) is 0 Å². The normalized spacial score (nSPS) is 17.0. The highest BCUT2D eigenvalue weighted by molar-refractivity contribution is 7.89. The van der Waals surface area contributed by atoms with Crippen molar-refractivity contribution in [3.63, 3.8) is 0 Å². The van der Waals surface area contributed by atoms with Gasteiger partial charge in [-0.05, 0) is 61.7 Å². The molecule has 0 saturated carbocycles. The molecule has 0 unspecified atom stereocenters. The second-order valence-electron chi connectivity index (χ2n) is 6.25.